The average molecular weight is 260 g/mol. The number of aliphatic hydroxyl groups is 2. The van der Waals surface area contributed by atoms with Gasteiger partial charge in [0.25, 0.3) is 11.5 Å². The first-order valence-corrected chi connectivity index (χ1v) is 5.36. The predicted octanol–water partition coefficient (Wildman–Crippen LogP) is -1.43. The summed E-state index contributed by atoms with van der Waals surface area (Å²) < 4.78 is 19.9. The van der Waals surface area contributed by atoms with Crippen LogP contribution in [0.25, 0.3) is 0 Å². The molecule has 1 aromatic rings. The van der Waals surface area contributed by atoms with Gasteiger partial charge in [-0.15, -0.1) is 0 Å². The van der Waals surface area contributed by atoms with E-state index >= 15 is 0 Å². The molecule has 7 nitrogen and oxygen atoms in total. The van der Waals surface area contributed by atoms with Gasteiger partial charge >= 0.3 is 5.69 Å². The Morgan fingerprint density at radius 3 is 2.89 bits per heavy atom. The molecule has 2 heterocycles. The van der Waals surface area contributed by atoms with Gasteiger partial charge in [-0.05, 0) is 6.92 Å². The van der Waals surface area contributed by atoms with E-state index < -0.39 is 42.5 Å². The number of hydrogen-bond acceptors (Lipinski definition) is 5. The van der Waals surface area contributed by atoms with Gasteiger partial charge in [0.2, 0.25) is 0 Å². The smallest absolute Gasteiger partial charge is 0.332 e. The van der Waals surface area contributed by atoms with Crippen molar-refractivity contribution in [2.24, 2.45) is 0 Å². The van der Waals surface area contributed by atoms with E-state index in [9.17, 15) is 19.1 Å². The Balaban J connectivity index is 2.47. The van der Waals surface area contributed by atoms with E-state index in [1.54, 1.807) is 0 Å². The predicted molar refractivity (Wildman–Crippen MR) is 57.7 cm³/mol. The normalized spacial score (nSPS) is 31.8. The minimum absolute atomic E-state index is 0.136. The van der Waals surface area contributed by atoms with Crippen LogP contribution in [-0.2, 0) is 10.7 Å². The Labute approximate surface area is 100 Å². The molecule has 1 saturated heterocycles. The highest BCUT2D eigenvalue weighted by Gasteiger charge is 2.48. The van der Waals surface area contributed by atoms with Gasteiger partial charge in [-0.25, -0.2) is 9.36 Å². The van der Waals surface area contributed by atoms with Gasteiger partial charge in [-0.3, -0.25) is 9.78 Å². The molecule has 1 aliphatic rings. The highest BCUT2D eigenvalue weighted by molar-refractivity contribution is 5.03. The third-order valence-electron chi connectivity index (χ3n) is 2.88. The average Bonchev–Trinajstić information content (AvgIpc) is 2.59. The largest absolute Gasteiger partial charge is 0.394 e. The second-order valence-corrected chi connectivity index (χ2v) is 4.24. The number of ether oxygens (including phenoxy) is 1. The Kier molecular flexibility index (Phi) is 3.09. The summed E-state index contributed by atoms with van der Waals surface area (Å²) in [5.41, 5.74) is -1.45. The van der Waals surface area contributed by atoms with E-state index in [2.05, 4.69) is 0 Å². The van der Waals surface area contributed by atoms with Gasteiger partial charge in [-0.2, -0.15) is 4.39 Å². The fourth-order valence-electron chi connectivity index (χ4n) is 1.88. The van der Waals surface area contributed by atoms with Crippen molar-refractivity contribution in [1.29, 1.82) is 0 Å². The lowest BCUT2D eigenvalue weighted by molar-refractivity contribution is -0.205. The van der Waals surface area contributed by atoms with Crippen molar-refractivity contribution in [2.75, 3.05) is 6.61 Å². The Morgan fingerprint density at radius 2 is 2.33 bits per heavy atom. The van der Waals surface area contributed by atoms with Gasteiger partial charge in [0.05, 0.1) is 19.1 Å². The molecule has 1 aromatic heterocycles. The maximum Gasteiger partial charge on any atom is 0.332 e. The van der Waals surface area contributed by atoms with E-state index in [4.69, 9.17) is 9.84 Å². The molecule has 1 aliphatic heterocycles. The van der Waals surface area contributed by atoms with Gasteiger partial charge < -0.3 is 14.9 Å². The molecular weight excluding hydrogens is 247 g/mol. The van der Waals surface area contributed by atoms with Gasteiger partial charge in [0, 0.05) is 11.8 Å². The number of hydrogen-bond donors (Lipinski definition) is 3. The van der Waals surface area contributed by atoms with Gasteiger partial charge in [0.15, 0.2) is 0 Å². The maximum absolute atomic E-state index is 14.5. The van der Waals surface area contributed by atoms with Crippen molar-refractivity contribution < 1.29 is 19.3 Å². The maximum atomic E-state index is 14.5. The number of halogens is 1. The first-order valence-electron chi connectivity index (χ1n) is 5.36. The van der Waals surface area contributed by atoms with E-state index in [1.807, 2.05) is 4.98 Å². The van der Waals surface area contributed by atoms with Crippen LogP contribution < -0.4 is 11.2 Å². The van der Waals surface area contributed by atoms with Crippen LogP contribution in [0.2, 0.25) is 0 Å². The number of aliphatic hydroxyl groups excluding tert-OH is 2. The minimum Gasteiger partial charge on any atom is -0.394 e. The highest BCUT2D eigenvalue weighted by atomic mass is 19.2. The van der Waals surface area contributed by atoms with Crippen LogP contribution in [-0.4, -0.2) is 38.6 Å². The fraction of sp³-hybridized carbons (Fsp3) is 0.600. The van der Waals surface area contributed by atoms with E-state index in [0.29, 0.717) is 4.57 Å². The van der Waals surface area contributed by atoms with Crippen LogP contribution in [0.5, 0.6) is 0 Å². The molecule has 100 valence electrons. The van der Waals surface area contributed by atoms with Crippen molar-refractivity contribution in [3.05, 3.63) is 32.6 Å². The zero-order valence-corrected chi connectivity index (χ0v) is 9.59. The van der Waals surface area contributed by atoms with Gasteiger partial charge in [-0.1, -0.05) is 0 Å². The molecule has 2 rings (SSSR count). The molecule has 0 bridgehead atoms. The molecule has 0 aromatic carbocycles. The lowest BCUT2D eigenvalue weighted by Gasteiger charge is -2.22. The van der Waals surface area contributed by atoms with E-state index in [0.717, 1.165) is 6.20 Å². The fourth-order valence-corrected chi connectivity index (χ4v) is 1.88. The van der Waals surface area contributed by atoms with E-state index in [1.165, 1.54) is 6.92 Å². The van der Waals surface area contributed by atoms with Crippen LogP contribution in [0.1, 0.15) is 12.0 Å². The Bertz CT molecular complexity index is 568. The topological polar surface area (TPSA) is 105 Å². The second kappa shape index (κ2) is 4.30. The number of H-pyrrole nitrogens is 1. The molecular formula is C10H13FN2O5. The zero-order chi connectivity index (χ0) is 13.5. The number of aromatic amines is 1. The van der Waals surface area contributed by atoms with Crippen LogP contribution in [0.15, 0.2) is 15.8 Å². The van der Waals surface area contributed by atoms with Crippen molar-refractivity contribution >= 4 is 0 Å². The lowest BCUT2D eigenvalue weighted by atomic mass is 10.2. The lowest BCUT2D eigenvalue weighted by Crippen LogP contribution is -2.42. The summed E-state index contributed by atoms with van der Waals surface area (Å²) in [6.45, 7) is 0.844. The first kappa shape index (κ1) is 12.9. The molecule has 18 heavy (non-hydrogen) atoms. The quantitative estimate of drug-likeness (QED) is 0.604. The third kappa shape index (κ3) is 1.98. The van der Waals surface area contributed by atoms with E-state index in [-0.39, 0.29) is 5.56 Å². The Morgan fingerprint density at radius 1 is 1.67 bits per heavy atom. The molecule has 0 amide bonds. The summed E-state index contributed by atoms with van der Waals surface area (Å²) in [5, 5.41) is 18.4. The standard InChI is InChI=1S/C10H13FN2O5/c1-5-3-13(9(17)12-8(5)16)10(11)2-6(15)7(4-14)18-10/h3,6-7,14-15H,2,4H2,1H3,(H,12,16,17). The highest BCUT2D eigenvalue weighted by Crippen LogP contribution is 2.35. The van der Waals surface area contributed by atoms with Crippen molar-refractivity contribution in [1.82, 2.24) is 9.55 Å². The van der Waals surface area contributed by atoms with Crippen LogP contribution in [0.4, 0.5) is 4.39 Å². The van der Waals surface area contributed by atoms with Crippen LogP contribution in [0.3, 0.4) is 0 Å². The van der Waals surface area contributed by atoms with Crippen molar-refractivity contribution in [2.45, 2.75) is 31.5 Å². The summed E-state index contributed by atoms with van der Waals surface area (Å²) >= 11 is 0. The number of aryl methyl sites for hydroxylation is 1. The Hall–Kier alpha value is -1.51. The molecule has 3 unspecified atom stereocenters. The summed E-state index contributed by atoms with van der Waals surface area (Å²) in [4.78, 5) is 24.6. The number of nitrogens with one attached hydrogen (secondary N) is 1. The van der Waals surface area contributed by atoms with Crippen LogP contribution in [0, 0.1) is 6.92 Å². The second-order valence-electron chi connectivity index (χ2n) is 4.24. The van der Waals surface area contributed by atoms with Gasteiger partial charge in [0.1, 0.15) is 6.10 Å². The molecule has 0 saturated carbocycles. The number of alkyl halides is 1. The number of rotatable bonds is 2. The SMILES string of the molecule is Cc1cn(C2(F)CC(O)C(CO)O2)c(=O)[nH]c1=O. The number of nitrogens with zero attached hydrogens (tertiary/aromatic N) is 1. The molecule has 3 N–H and O–H groups in total. The molecule has 0 spiro atoms. The third-order valence-corrected chi connectivity index (χ3v) is 2.88. The minimum atomic E-state index is -2.57. The summed E-state index contributed by atoms with van der Waals surface area (Å²) in [7, 11) is 0. The molecule has 3 atom stereocenters. The first-order chi connectivity index (χ1) is 8.37. The summed E-state index contributed by atoms with van der Waals surface area (Å²) in [6.07, 6.45) is -1.80. The molecule has 8 heteroatoms. The monoisotopic (exact) mass is 260 g/mol. The van der Waals surface area contributed by atoms with Crippen molar-refractivity contribution in [3.8, 4) is 0 Å². The molecule has 1 fully saturated rings. The summed E-state index contributed by atoms with van der Waals surface area (Å²) in [5.74, 6) is -2.57. The zero-order valence-electron chi connectivity index (χ0n) is 9.59. The molecule has 0 radical (unpaired) electrons. The summed E-state index contributed by atoms with van der Waals surface area (Å²) in [6, 6.07) is 0. The van der Waals surface area contributed by atoms with Crippen LogP contribution >= 0.6 is 0 Å². The van der Waals surface area contributed by atoms with Crippen molar-refractivity contribution in [3.63, 3.8) is 0 Å². The number of aromatic nitrogens is 2. The molecule has 0 aliphatic carbocycles.